The average molecular weight is 196 g/mol. The van der Waals surface area contributed by atoms with Crippen molar-refractivity contribution in [1.82, 2.24) is 4.57 Å². The summed E-state index contributed by atoms with van der Waals surface area (Å²) >= 11 is 0. The minimum Gasteiger partial charge on any atom is -0.394 e. The highest BCUT2D eigenvalue weighted by molar-refractivity contribution is 5.33. The molecule has 0 aliphatic rings. The van der Waals surface area contributed by atoms with Gasteiger partial charge < -0.3 is 15.0 Å². The van der Waals surface area contributed by atoms with Crippen LogP contribution in [0.4, 0.5) is 5.69 Å². The van der Waals surface area contributed by atoms with E-state index in [1.807, 2.05) is 6.92 Å². The average Bonchev–Trinajstić information content (AvgIpc) is 2.20. The van der Waals surface area contributed by atoms with E-state index in [-0.39, 0.29) is 17.4 Å². The van der Waals surface area contributed by atoms with E-state index in [1.165, 1.54) is 0 Å². The molecular formula is C10H16N2O2. The third kappa shape index (κ3) is 2.35. The van der Waals surface area contributed by atoms with Crippen LogP contribution in [0.25, 0.3) is 0 Å². The maximum absolute atomic E-state index is 11.5. The summed E-state index contributed by atoms with van der Waals surface area (Å²) in [5.41, 5.74) is 5.63. The number of nitrogens with zero attached hydrogens (tertiary/aromatic N) is 1. The molecule has 0 amide bonds. The van der Waals surface area contributed by atoms with Crippen LogP contribution in [0.2, 0.25) is 0 Å². The molecule has 4 nitrogen and oxygen atoms in total. The maximum Gasteiger partial charge on any atom is 0.273 e. The fourth-order valence-corrected chi connectivity index (χ4v) is 1.29. The van der Waals surface area contributed by atoms with Gasteiger partial charge in [-0.3, -0.25) is 4.79 Å². The molecule has 1 aromatic rings. The lowest BCUT2D eigenvalue weighted by atomic mass is 10.2. The van der Waals surface area contributed by atoms with Gasteiger partial charge in [0.2, 0.25) is 0 Å². The number of methoxy groups -OCH3 is 1. The number of ether oxygens (including phenoxy) is 1. The molecule has 0 aromatic carbocycles. The number of pyridine rings is 1. The first kappa shape index (κ1) is 10.8. The van der Waals surface area contributed by atoms with Crippen molar-refractivity contribution >= 4 is 5.69 Å². The number of hydrogen-bond acceptors (Lipinski definition) is 3. The summed E-state index contributed by atoms with van der Waals surface area (Å²) in [5, 5.41) is 0. The molecule has 1 heterocycles. The third-order valence-electron chi connectivity index (χ3n) is 2.24. The number of anilines is 1. The fraction of sp³-hybridized carbons (Fsp3) is 0.500. The predicted molar refractivity (Wildman–Crippen MR) is 56.2 cm³/mol. The first-order chi connectivity index (χ1) is 6.69. The normalized spacial score (nSPS) is 12.7. The van der Waals surface area contributed by atoms with E-state index in [2.05, 4.69) is 0 Å². The minimum absolute atomic E-state index is 0.0644. The second-order valence-corrected chi connectivity index (χ2v) is 3.19. The Morgan fingerprint density at radius 3 is 2.93 bits per heavy atom. The summed E-state index contributed by atoms with van der Waals surface area (Å²) in [4.78, 5) is 11.5. The second-order valence-electron chi connectivity index (χ2n) is 3.19. The Balaban J connectivity index is 2.86. The van der Waals surface area contributed by atoms with Gasteiger partial charge in [-0.1, -0.05) is 6.92 Å². The van der Waals surface area contributed by atoms with E-state index in [4.69, 9.17) is 10.5 Å². The lowest BCUT2D eigenvalue weighted by Gasteiger charge is -2.14. The first-order valence-corrected chi connectivity index (χ1v) is 4.66. The first-order valence-electron chi connectivity index (χ1n) is 4.66. The van der Waals surface area contributed by atoms with Crippen molar-refractivity contribution in [3.63, 3.8) is 0 Å². The molecule has 0 bridgehead atoms. The van der Waals surface area contributed by atoms with Crippen molar-refractivity contribution < 1.29 is 4.74 Å². The molecule has 0 fully saturated rings. The van der Waals surface area contributed by atoms with Crippen molar-refractivity contribution in [2.24, 2.45) is 0 Å². The Kier molecular flexibility index (Phi) is 3.71. The van der Waals surface area contributed by atoms with Crippen molar-refractivity contribution in [2.45, 2.75) is 26.0 Å². The molecule has 1 atom stereocenters. The Morgan fingerprint density at radius 1 is 1.64 bits per heavy atom. The lowest BCUT2D eigenvalue weighted by Crippen LogP contribution is -2.28. The van der Waals surface area contributed by atoms with Crippen LogP contribution in [-0.2, 0) is 11.3 Å². The van der Waals surface area contributed by atoms with Gasteiger partial charge in [0.25, 0.3) is 5.56 Å². The number of nitrogens with two attached hydrogens (primary N) is 1. The van der Waals surface area contributed by atoms with Crippen LogP contribution in [-0.4, -0.2) is 17.8 Å². The lowest BCUT2D eigenvalue weighted by molar-refractivity contribution is 0.0838. The van der Waals surface area contributed by atoms with Gasteiger partial charge >= 0.3 is 0 Å². The van der Waals surface area contributed by atoms with Gasteiger partial charge in [0.15, 0.2) is 0 Å². The number of nitrogen functional groups attached to an aromatic ring is 1. The molecule has 1 unspecified atom stereocenters. The van der Waals surface area contributed by atoms with Crippen LogP contribution in [0.5, 0.6) is 0 Å². The van der Waals surface area contributed by atoms with E-state index in [9.17, 15) is 4.79 Å². The quantitative estimate of drug-likeness (QED) is 0.776. The summed E-state index contributed by atoms with van der Waals surface area (Å²) in [5.74, 6) is 0. The highest BCUT2D eigenvalue weighted by atomic mass is 16.5. The summed E-state index contributed by atoms with van der Waals surface area (Å²) in [7, 11) is 1.64. The summed E-state index contributed by atoms with van der Waals surface area (Å²) in [6, 6.07) is 3.37. The molecule has 2 N–H and O–H groups in total. The molecular weight excluding hydrogens is 180 g/mol. The van der Waals surface area contributed by atoms with E-state index in [0.717, 1.165) is 6.42 Å². The zero-order valence-corrected chi connectivity index (χ0v) is 8.56. The van der Waals surface area contributed by atoms with Gasteiger partial charge in [0.1, 0.15) is 0 Å². The van der Waals surface area contributed by atoms with Gasteiger partial charge in [-0.15, -0.1) is 0 Å². The molecule has 0 aliphatic carbocycles. The van der Waals surface area contributed by atoms with Crippen molar-refractivity contribution in [3.8, 4) is 0 Å². The molecule has 14 heavy (non-hydrogen) atoms. The largest absolute Gasteiger partial charge is 0.394 e. The minimum atomic E-state index is -0.150. The summed E-state index contributed by atoms with van der Waals surface area (Å²) in [6.45, 7) is 2.57. The topological polar surface area (TPSA) is 57.2 Å². The molecule has 4 heteroatoms. The molecule has 0 saturated heterocycles. The molecule has 0 spiro atoms. The van der Waals surface area contributed by atoms with Crippen LogP contribution in [0.3, 0.4) is 0 Å². The fourth-order valence-electron chi connectivity index (χ4n) is 1.29. The number of aromatic nitrogens is 1. The molecule has 0 saturated carbocycles. The zero-order valence-electron chi connectivity index (χ0n) is 8.56. The summed E-state index contributed by atoms with van der Waals surface area (Å²) in [6.07, 6.45) is 2.66. The van der Waals surface area contributed by atoms with Gasteiger partial charge in [0, 0.05) is 13.3 Å². The van der Waals surface area contributed by atoms with Crippen molar-refractivity contribution in [3.05, 3.63) is 28.7 Å². The van der Waals surface area contributed by atoms with Crippen LogP contribution in [0, 0.1) is 0 Å². The molecule has 0 radical (unpaired) electrons. The monoisotopic (exact) mass is 196 g/mol. The van der Waals surface area contributed by atoms with E-state index in [0.29, 0.717) is 6.54 Å². The Bertz CT molecular complexity index is 342. The zero-order chi connectivity index (χ0) is 10.6. The Hall–Kier alpha value is -1.29. The maximum atomic E-state index is 11.5. The number of rotatable bonds is 4. The molecule has 1 rings (SSSR count). The van der Waals surface area contributed by atoms with Gasteiger partial charge in [-0.2, -0.15) is 0 Å². The predicted octanol–water partition coefficient (Wildman–Crippen LogP) is 0.856. The Morgan fingerprint density at radius 2 is 2.36 bits per heavy atom. The standard InChI is InChI=1S/C10H16N2O2/c1-3-8(14-2)7-12-6-4-5-9(11)10(12)13/h4-6,8H,3,7,11H2,1-2H3. The second kappa shape index (κ2) is 4.81. The van der Waals surface area contributed by atoms with Crippen molar-refractivity contribution in [1.29, 1.82) is 0 Å². The van der Waals surface area contributed by atoms with Crippen molar-refractivity contribution in [2.75, 3.05) is 12.8 Å². The van der Waals surface area contributed by atoms with Crippen LogP contribution >= 0.6 is 0 Å². The Labute approximate surface area is 83.3 Å². The number of hydrogen-bond donors (Lipinski definition) is 1. The van der Waals surface area contributed by atoms with Gasteiger partial charge in [-0.05, 0) is 18.6 Å². The smallest absolute Gasteiger partial charge is 0.273 e. The molecule has 0 aliphatic heterocycles. The SMILES string of the molecule is CCC(Cn1cccc(N)c1=O)OC. The van der Waals surface area contributed by atoms with Gasteiger partial charge in [-0.25, -0.2) is 0 Å². The van der Waals surface area contributed by atoms with Crippen LogP contribution in [0.15, 0.2) is 23.1 Å². The third-order valence-corrected chi connectivity index (χ3v) is 2.24. The highest BCUT2D eigenvalue weighted by Gasteiger charge is 2.07. The summed E-state index contributed by atoms with van der Waals surface area (Å²) < 4.78 is 6.77. The highest BCUT2D eigenvalue weighted by Crippen LogP contribution is 2.00. The van der Waals surface area contributed by atoms with E-state index in [1.54, 1.807) is 30.0 Å². The van der Waals surface area contributed by atoms with Crippen LogP contribution < -0.4 is 11.3 Å². The van der Waals surface area contributed by atoms with E-state index >= 15 is 0 Å². The van der Waals surface area contributed by atoms with Crippen LogP contribution in [0.1, 0.15) is 13.3 Å². The molecule has 78 valence electrons. The van der Waals surface area contributed by atoms with Gasteiger partial charge in [0.05, 0.1) is 18.3 Å². The van der Waals surface area contributed by atoms with E-state index < -0.39 is 0 Å². The molecule has 1 aromatic heterocycles.